The number of fused-ring (bicyclic) bond motifs is 3. The molecule has 244 valence electrons. The zero-order chi connectivity index (χ0) is 33.9. The van der Waals surface area contributed by atoms with Gasteiger partial charge in [0.2, 0.25) is 0 Å². The van der Waals surface area contributed by atoms with Gasteiger partial charge in [0.15, 0.2) is 0 Å². The molecule has 2 aromatic heterocycles. The Morgan fingerprint density at radius 2 is 1.70 bits per heavy atom. The zero-order valence-corrected chi connectivity index (χ0v) is 29.3. The Morgan fingerprint density at radius 1 is 1.00 bits per heavy atom. The Hall–Kier alpha value is -3.98. The Labute approximate surface area is 288 Å². The molecule has 0 saturated carbocycles. The van der Waals surface area contributed by atoms with Crippen LogP contribution >= 0.6 is 34.8 Å². The highest BCUT2D eigenvalue weighted by Crippen LogP contribution is 2.45. The molecule has 0 bridgehead atoms. The van der Waals surface area contributed by atoms with Gasteiger partial charge >= 0.3 is 5.97 Å². The van der Waals surface area contributed by atoms with Crippen molar-refractivity contribution in [3.8, 4) is 16.9 Å². The molecule has 1 amide bonds. The second-order valence-electron chi connectivity index (χ2n) is 12.2. The fourth-order valence-electron chi connectivity index (χ4n) is 6.80. The first kappa shape index (κ1) is 32.9. The van der Waals surface area contributed by atoms with E-state index in [9.17, 15) is 14.7 Å². The molecule has 1 atom stereocenters. The Kier molecular flexibility index (Phi) is 8.81. The van der Waals surface area contributed by atoms with E-state index in [-0.39, 0.29) is 22.5 Å². The van der Waals surface area contributed by atoms with Crippen molar-refractivity contribution < 1.29 is 19.4 Å². The molecule has 1 aliphatic rings. The Bertz CT molecular complexity index is 2080. The standard InChI is InChI=1S/C36H35Cl3N4O4/c1-18-14-24(15-19(2)32(18)39)47-13-7-8-25-26-11-12-28(37)31(30-21(4)40-41(6)22(30)5)33(26)43-20(3)17-42(35(44)34(25)43)23-9-10-27(36(45)46)29(38)16-23/h9-12,14-16,20H,7-8,13,17H2,1-6H3,(H,45,46). The molecule has 1 unspecified atom stereocenters. The van der Waals surface area contributed by atoms with Crippen LogP contribution in [0.2, 0.25) is 15.1 Å². The average Bonchev–Trinajstić information content (AvgIpc) is 3.48. The number of carbonyl (C=O) groups is 2. The maximum atomic E-state index is 14.6. The summed E-state index contributed by atoms with van der Waals surface area (Å²) < 4.78 is 10.1. The summed E-state index contributed by atoms with van der Waals surface area (Å²) >= 11 is 19.7. The van der Waals surface area contributed by atoms with Gasteiger partial charge in [-0.25, -0.2) is 4.79 Å². The van der Waals surface area contributed by atoms with Crippen LogP contribution in [0.4, 0.5) is 5.69 Å². The highest BCUT2D eigenvalue weighted by atomic mass is 35.5. The van der Waals surface area contributed by atoms with Gasteiger partial charge in [0.05, 0.1) is 33.4 Å². The molecule has 3 heterocycles. The minimum absolute atomic E-state index is 0.0182. The highest BCUT2D eigenvalue weighted by molar-refractivity contribution is 6.35. The van der Waals surface area contributed by atoms with Crippen molar-refractivity contribution in [3.05, 3.63) is 96.9 Å². The third-order valence-electron chi connectivity index (χ3n) is 9.06. The van der Waals surface area contributed by atoms with Crippen molar-refractivity contribution in [2.75, 3.05) is 18.1 Å². The Balaban J connectivity index is 1.47. The van der Waals surface area contributed by atoms with Gasteiger partial charge in [-0.3, -0.25) is 9.48 Å². The van der Waals surface area contributed by atoms with Crippen molar-refractivity contribution in [2.24, 2.45) is 7.05 Å². The van der Waals surface area contributed by atoms with Gasteiger partial charge in [-0.1, -0.05) is 40.9 Å². The van der Waals surface area contributed by atoms with E-state index in [1.54, 1.807) is 17.0 Å². The van der Waals surface area contributed by atoms with Crippen LogP contribution in [-0.4, -0.2) is 44.5 Å². The summed E-state index contributed by atoms with van der Waals surface area (Å²) in [5, 5.41) is 16.5. The monoisotopic (exact) mass is 692 g/mol. The third-order valence-corrected chi connectivity index (χ3v) is 10.3. The number of halogens is 3. The van der Waals surface area contributed by atoms with Gasteiger partial charge in [-0.15, -0.1) is 0 Å². The molecule has 6 rings (SSSR count). The molecule has 0 fully saturated rings. The number of carboxylic acids is 1. The van der Waals surface area contributed by atoms with Crippen molar-refractivity contribution in [3.63, 3.8) is 0 Å². The second-order valence-corrected chi connectivity index (χ2v) is 13.4. The minimum atomic E-state index is -1.13. The summed E-state index contributed by atoms with van der Waals surface area (Å²) in [6, 6.07) is 12.2. The largest absolute Gasteiger partial charge is 0.494 e. The average molecular weight is 694 g/mol. The Morgan fingerprint density at radius 3 is 2.32 bits per heavy atom. The van der Waals surface area contributed by atoms with Gasteiger partial charge < -0.3 is 19.3 Å². The molecule has 8 nitrogen and oxygen atoms in total. The molecular weight excluding hydrogens is 659 g/mol. The van der Waals surface area contributed by atoms with E-state index in [2.05, 4.69) is 16.6 Å². The predicted molar refractivity (Wildman–Crippen MR) is 188 cm³/mol. The lowest BCUT2D eigenvalue weighted by Crippen LogP contribution is -2.42. The van der Waals surface area contributed by atoms with E-state index < -0.39 is 5.97 Å². The van der Waals surface area contributed by atoms with E-state index in [1.807, 2.05) is 63.7 Å². The molecule has 11 heteroatoms. The maximum absolute atomic E-state index is 14.6. The van der Waals surface area contributed by atoms with Crippen LogP contribution in [0.1, 0.15) is 68.3 Å². The van der Waals surface area contributed by atoms with E-state index in [0.717, 1.165) is 60.9 Å². The topological polar surface area (TPSA) is 89.6 Å². The van der Waals surface area contributed by atoms with E-state index in [0.29, 0.717) is 42.4 Å². The van der Waals surface area contributed by atoms with Gasteiger partial charge in [-0.05, 0) is 101 Å². The highest BCUT2D eigenvalue weighted by Gasteiger charge is 2.37. The van der Waals surface area contributed by atoms with Crippen LogP contribution in [0.25, 0.3) is 22.0 Å². The van der Waals surface area contributed by atoms with Gasteiger partial charge in [0, 0.05) is 52.6 Å². The minimum Gasteiger partial charge on any atom is -0.494 e. The van der Waals surface area contributed by atoms with Crippen molar-refractivity contribution in [2.45, 2.75) is 53.5 Å². The van der Waals surface area contributed by atoms with E-state index in [4.69, 9.17) is 39.5 Å². The van der Waals surface area contributed by atoms with Crippen molar-refractivity contribution in [1.82, 2.24) is 14.3 Å². The number of hydrogen-bond donors (Lipinski definition) is 1. The predicted octanol–water partition coefficient (Wildman–Crippen LogP) is 9.17. The number of benzene rings is 3. The molecule has 0 radical (unpaired) electrons. The lowest BCUT2D eigenvalue weighted by atomic mass is 9.98. The van der Waals surface area contributed by atoms with Crippen molar-refractivity contribution >= 4 is 63.3 Å². The van der Waals surface area contributed by atoms with Crippen LogP contribution < -0.4 is 9.64 Å². The number of aryl methyl sites for hydroxylation is 5. The molecule has 0 spiro atoms. The maximum Gasteiger partial charge on any atom is 0.337 e. The normalized spacial score (nSPS) is 14.6. The summed E-state index contributed by atoms with van der Waals surface area (Å²) in [7, 11) is 1.91. The van der Waals surface area contributed by atoms with Crippen molar-refractivity contribution in [1.29, 1.82) is 0 Å². The van der Waals surface area contributed by atoms with Crippen LogP contribution in [0.5, 0.6) is 5.75 Å². The quantitative estimate of drug-likeness (QED) is 0.164. The third kappa shape index (κ3) is 5.66. The number of ether oxygens (including phenoxy) is 1. The number of rotatable bonds is 8. The van der Waals surface area contributed by atoms with Crippen LogP contribution in [-0.2, 0) is 13.5 Å². The smallest absolute Gasteiger partial charge is 0.337 e. The van der Waals surface area contributed by atoms with Crippen LogP contribution in [0.15, 0.2) is 42.5 Å². The summed E-state index contributed by atoms with van der Waals surface area (Å²) in [6.45, 7) is 10.8. The number of nitrogens with zero attached hydrogens (tertiary/aromatic N) is 4. The number of hydrogen-bond acceptors (Lipinski definition) is 4. The van der Waals surface area contributed by atoms with Gasteiger partial charge in [0.25, 0.3) is 5.91 Å². The first-order valence-electron chi connectivity index (χ1n) is 15.4. The van der Waals surface area contributed by atoms with E-state index in [1.165, 1.54) is 6.07 Å². The molecular formula is C36H35Cl3N4O4. The molecule has 1 N–H and O–H groups in total. The second kappa shape index (κ2) is 12.6. The summed E-state index contributed by atoms with van der Waals surface area (Å²) in [5.41, 5.74) is 8.41. The lowest BCUT2D eigenvalue weighted by Gasteiger charge is -2.34. The SMILES string of the molecule is Cc1cc(OCCCc2c3n(c4c(-c5c(C)nn(C)c5C)c(Cl)ccc24)C(C)CN(c2ccc(C(=O)O)c(Cl)c2)C3=O)cc(C)c1Cl. The fraction of sp³-hybridized carbons (Fsp3) is 0.306. The molecule has 5 aromatic rings. The number of amides is 1. The molecule has 1 aliphatic heterocycles. The summed E-state index contributed by atoms with van der Waals surface area (Å²) in [4.78, 5) is 27.9. The number of carbonyl (C=O) groups excluding carboxylic acids is 1. The summed E-state index contributed by atoms with van der Waals surface area (Å²) in [6.07, 6.45) is 1.22. The first-order valence-corrected chi connectivity index (χ1v) is 16.5. The van der Waals surface area contributed by atoms with Gasteiger partial charge in [-0.2, -0.15) is 5.10 Å². The van der Waals surface area contributed by atoms with E-state index >= 15 is 0 Å². The molecule has 3 aromatic carbocycles. The number of anilines is 1. The fourth-order valence-corrected chi connectivity index (χ4v) is 7.41. The van der Waals surface area contributed by atoms with Crippen LogP contribution in [0.3, 0.4) is 0 Å². The summed E-state index contributed by atoms with van der Waals surface area (Å²) in [5.74, 6) is -0.568. The number of aromatic carboxylic acids is 1. The molecule has 47 heavy (non-hydrogen) atoms. The van der Waals surface area contributed by atoms with Crippen LogP contribution in [0, 0.1) is 27.7 Å². The molecule has 0 aliphatic carbocycles. The number of aromatic nitrogens is 3. The molecule has 0 saturated heterocycles. The first-order chi connectivity index (χ1) is 22.3. The zero-order valence-electron chi connectivity index (χ0n) is 27.0. The number of carboxylic acid groups (broad SMARTS) is 1. The lowest BCUT2D eigenvalue weighted by molar-refractivity contribution is 0.0697. The van der Waals surface area contributed by atoms with Gasteiger partial charge in [0.1, 0.15) is 11.4 Å².